The molecule has 1 unspecified atom stereocenters. The lowest BCUT2D eigenvalue weighted by Gasteiger charge is -2.22. The number of nitrogens with zero attached hydrogens (tertiary/aromatic N) is 1. The summed E-state index contributed by atoms with van der Waals surface area (Å²) in [6, 6.07) is -0.914. The van der Waals surface area contributed by atoms with E-state index in [2.05, 4.69) is 0 Å². The Kier molecular flexibility index (Phi) is 8.01. The van der Waals surface area contributed by atoms with Gasteiger partial charge in [0.15, 0.2) is 0 Å². The van der Waals surface area contributed by atoms with E-state index in [1.165, 1.54) is 18.9 Å². The lowest BCUT2D eigenvalue weighted by molar-refractivity contribution is -0.142. The topological polar surface area (TPSA) is 112 Å². The van der Waals surface area contributed by atoms with Crippen molar-refractivity contribution in [2.75, 3.05) is 7.05 Å². The lowest BCUT2D eigenvalue weighted by Crippen LogP contribution is -2.41. The van der Waals surface area contributed by atoms with E-state index in [0.717, 1.165) is 0 Å². The molecule has 2 N–H and O–H groups in total. The van der Waals surface area contributed by atoms with Crippen LogP contribution in [0.1, 0.15) is 39.0 Å². The van der Waals surface area contributed by atoms with Gasteiger partial charge in [-0.25, -0.2) is 0 Å². The highest BCUT2D eigenvalue weighted by molar-refractivity contribution is 7.72. The first-order chi connectivity index (χ1) is 8.77. The van der Waals surface area contributed by atoms with Crippen LogP contribution in [0, 0.1) is 0 Å². The molecule has 0 rings (SSSR count). The average molecular weight is 293 g/mol. The summed E-state index contributed by atoms with van der Waals surface area (Å²) >= 11 is 0. The number of carboxylic acid groups (broad SMARTS) is 2. The van der Waals surface area contributed by atoms with Crippen molar-refractivity contribution in [2.45, 2.75) is 45.1 Å². The summed E-state index contributed by atoms with van der Waals surface area (Å²) in [6.45, 7) is 1.34. The highest BCUT2D eigenvalue weighted by atomic mass is 32.2. The van der Waals surface area contributed by atoms with Crippen LogP contribution in [0.2, 0.25) is 0 Å². The monoisotopic (exact) mass is 293 g/mol. The van der Waals surface area contributed by atoms with E-state index in [-0.39, 0.29) is 17.8 Å². The van der Waals surface area contributed by atoms with Crippen LogP contribution in [-0.2, 0) is 19.9 Å². The predicted molar refractivity (Wildman–Crippen MR) is 69.5 cm³/mol. The van der Waals surface area contributed by atoms with Crippen LogP contribution in [0.4, 0.5) is 0 Å². The molecular weight excluding hydrogens is 274 g/mol. The second kappa shape index (κ2) is 8.65. The lowest BCUT2D eigenvalue weighted by atomic mass is 10.1. The molecule has 110 valence electrons. The van der Waals surface area contributed by atoms with Crippen molar-refractivity contribution in [3.05, 3.63) is 0 Å². The molecule has 0 aromatic rings. The molecule has 0 saturated carbocycles. The maximum absolute atomic E-state index is 11.1. The fraction of sp³-hybridized carbons (Fsp3) is 0.727. The van der Waals surface area contributed by atoms with Crippen LogP contribution in [0.5, 0.6) is 0 Å². The molecule has 0 bridgehead atoms. The number of carbonyl (C=O) groups is 2. The van der Waals surface area contributed by atoms with E-state index in [1.54, 1.807) is 0 Å². The van der Waals surface area contributed by atoms with Gasteiger partial charge < -0.3 is 10.2 Å². The molecule has 19 heavy (non-hydrogen) atoms. The van der Waals surface area contributed by atoms with Crippen LogP contribution in [0.3, 0.4) is 0 Å². The zero-order valence-electron chi connectivity index (χ0n) is 11.0. The standard InChI is InChI=1S/C11H19NO6S/c1-8(19(17)18)12(2)9(11(15)16)6-4-3-5-7-10(13)14/h9H,3-7H2,1-2H3,(H,13,14)(H,15,16). The quantitative estimate of drug-likeness (QED) is 0.493. The minimum Gasteiger partial charge on any atom is -0.481 e. The van der Waals surface area contributed by atoms with Gasteiger partial charge in [-0.05, 0) is 26.8 Å². The maximum Gasteiger partial charge on any atom is 0.321 e. The van der Waals surface area contributed by atoms with Gasteiger partial charge in [0.05, 0.1) is 0 Å². The molecule has 0 aromatic heterocycles. The second-order valence-corrected chi connectivity index (χ2v) is 5.27. The van der Waals surface area contributed by atoms with Crippen molar-refractivity contribution < 1.29 is 28.2 Å². The number of carboxylic acids is 2. The normalized spacial score (nSPS) is 12.2. The fourth-order valence-electron chi connectivity index (χ4n) is 1.61. The Bertz CT molecular complexity index is 448. The van der Waals surface area contributed by atoms with Crippen LogP contribution in [0.15, 0.2) is 0 Å². The molecule has 0 amide bonds. The van der Waals surface area contributed by atoms with Gasteiger partial charge in [-0.15, -0.1) is 0 Å². The van der Waals surface area contributed by atoms with Gasteiger partial charge in [-0.1, -0.05) is 12.8 Å². The molecule has 7 nitrogen and oxygen atoms in total. The summed E-state index contributed by atoms with van der Waals surface area (Å²) in [5.41, 5.74) is 0. The molecule has 1 atom stereocenters. The Morgan fingerprint density at radius 3 is 2.16 bits per heavy atom. The molecule has 0 aliphatic rings. The summed E-state index contributed by atoms with van der Waals surface area (Å²) in [6.07, 6.45) is 1.96. The maximum atomic E-state index is 11.1. The van der Waals surface area contributed by atoms with Crippen molar-refractivity contribution in [2.24, 2.45) is 0 Å². The number of hydrogen-bond acceptors (Lipinski definition) is 4. The van der Waals surface area contributed by atoms with Crippen LogP contribution >= 0.6 is 0 Å². The smallest absolute Gasteiger partial charge is 0.321 e. The van der Waals surface area contributed by atoms with Crippen LogP contribution < -0.4 is 0 Å². The highest BCUT2D eigenvalue weighted by Gasteiger charge is 2.24. The summed E-state index contributed by atoms with van der Waals surface area (Å²) in [5, 5.41) is 17.5. The minimum absolute atomic E-state index is 0.0297. The Morgan fingerprint density at radius 1 is 1.16 bits per heavy atom. The molecule has 8 heteroatoms. The van der Waals surface area contributed by atoms with E-state index in [1.807, 2.05) is 0 Å². The zero-order valence-corrected chi connectivity index (χ0v) is 11.8. The third-order valence-electron chi connectivity index (χ3n) is 2.86. The van der Waals surface area contributed by atoms with Gasteiger partial charge in [-0.3, -0.25) is 14.5 Å². The third-order valence-corrected chi connectivity index (χ3v) is 3.63. The van der Waals surface area contributed by atoms with E-state index in [4.69, 9.17) is 10.2 Å². The number of unbranched alkanes of at least 4 members (excludes halogenated alkanes) is 2. The van der Waals surface area contributed by atoms with Gasteiger partial charge in [-0.2, -0.15) is 8.42 Å². The molecular formula is C11H19NO6S. The SMILES string of the molecule is CC(N(C)C(CCCCCC(=O)O)C(=O)O)=S(=O)=O. The molecule has 0 aromatic carbocycles. The predicted octanol–water partition coefficient (Wildman–Crippen LogP) is 0.435. The minimum atomic E-state index is -2.44. The van der Waals surface area contributed by atoms with Crippen molar-refractivity contribution in [1.82, 2.24) is 4.90 Å². The van der Waals surface area contributed by atoms with E-state index in [9.17, 15) is 18.0 Å². The Balaban J connectivity index is 4.40. The molecule has 0 aliphatic carbocycles. The third kappa shape index (κ3) is 6.92. The number of aliphatic carboxylic acids is 2. The fourth-order valence-corrected chi connectivity index (χ4v) is 1.97. The summed E-state index contributed by atoms with van der Waals surface area (Å²) < 4.78 is 21.6. The molecule has 0 heterocycles. The number of likely N-dealkylation sites (N-methyl/N-ethyl adjacent to an activating group) is 1. The first kappa shape index (κ1) is 17.6. The number of rotatable bonds is 8. The summed E-state index contributed by atoms with van der Waals surface area (Å²) in [7, 11) is -1.02. The van der Waals surface area contributed by atoms with Crippen molar-refractivity contribution in [1.29, 1.82) is 0 Å². The number of hydrogen-bond donors (Lipinski definition) is 2. The first-order valence-corrected chi connectivity index (χ1v) is 6.95. The molecule has 0 radical (unpaired) electrons. The average Bonchev–Trinajstić information content (AvgIpc) is 2.30. The van der Waals surface area contributed by atoms with Gasteiger partial charge in [0.2, 0.25) is 10.3 Å². The molecule has 0 spiro atoms. The van der Waals surface area contributed by atoms with E-state index in [0.29, 0.717) is 19.3 Å². The van der Waals surface area contributed by atoms with Crippen LogP contribution in [-0.4, -0.2) is 53.5 Å². The largest absolute Gasteiger partial charge is 0.481 e. The first-order valence-electron chi connectivity index (χ1n) is 5.87. The Morgan fingerprint density at radius 2 is 1.74 bits per heavy atom. The van der Waals surface area contributed by atoms with Gasteiger partial charge in [0.25, 0.3) is 0 Å². The molecule has 0 aliphatic heterocycles. The Hall–Kier alpha value is -1.41. The summed E-state index contributed by atoms with van der Waals surface area (Å²) in [5.74, 6) is -1.97. The Labute approximate surface area is 113 Å². The van der Waals surface area contributed by atoms with E-state index >= 15 is 0 Å². The highest BCUT2D eigenvalue weighted by Crippen LogP contribution is 2.11. The van der Waals surface area contributed by atoms with Gasteiger partial charge >= 0.3 is 11.9 Å². The van der Waals surface area contributed by atoms with Gasteiger partial charge in [0.1, 0.15) is 11.0 Å². The zero-order chi connectivity index (χ0) is 15.0. The van der Waals surface area contributed by atoms with Crippen molar-refractivity contribution >= 4 is 27.2 Å². The van der Waals surface area contributed by atoms with Crippen molar-refractivity contribution in [3.8, 4) is 0 Å². The van der Waals surface area contributed by atoms with E-state index < -0.39 is 28.3 Å². The molecule has 0 saturated heterocycles. The van der Waals surface area contributed by atoms with Crippen molar-refractivity contribution in [3.63, 3.8) is 0 Å². The van der Waals surface area contributed by atoms with Crippen LogP contribution in [0.25, 0.3) is 0 Å². The second-order valence-electron chi connectivity index (χ2n) is 4.21. The molecule has 0 fully saturated rings. The van der Waals surface area contributed by atoms with Gasteiger partial charge in [0, 0.05) is 6.42 Å². The summed E-state index contributed by atoms with van der Waals surface area (Å²) in [4.78, 5) is 22.6.